The Hall–Kier alpha value is -2.25. The average Bonchev–Trinajstić information content (AvgIpc) is 3.03. The molecule has 7 heteroatoms. The highest BCUT2D eigenvalue weighted by Gasteiger charge is 2.26. The smallest absolute Gasteiger partial charge is 0.230 e. The van der Waals surface area contributed by atoms with Gasteiger partial charge in [0.05, 0.1) is 18.8 Å². The van der Waals surface area contributed by atoms with E-state index < -0.39 is 0 Å². The van der Waals surface area contributed by atoms with E-state index in [0.29, 0.717) is 5.13 Å². The third-order valence-corrected chi connectivity index (χ3v) is 5.71. The second-order valence-corrected chi connectivity index (χ2v) is 7.75. The third-order valence-electron chi connectivity index (χ3n) is 4.83. The molecule has 2 amide bonds. The first-order valence-corrected chi connectivity index (χ1v) is 9.76. The Morgan fingerprint density at radius 1 is 1.35 bits per heavy atom. The minimum Gasteiger partial charge on any atom is -0.369 e. The first-order valence-electron chi connectivity index (χ1n) is 8.88. The van der Waals surface area contributed by atoms with Gasteiger partial charge >= 0.3 is 0 Å². The summed E-state index contributed by atoms with van der Waals surface area (Å²) in [6.07, 6.45) is 1.68. The Kier molecular flexibility index (Phi) is 5.68. The van der Waals surface area contributed by atoms with Crippen LogP contribution in [0.15, 0.2) is 29.6 Å². The molecular weight excluding hydrogens is 348 g/mol. The predicted molar refractivity (Wildman–Crippen MR) is 102 cm³/mol. The monoisotopic (exact) mass is 373 g/mol. The molecule has 2 aromatic rings. The summed E-state index contributed by atoms with van der Waals surface area (Å²) in [5, 5.41) is 2.72. The van der Waals surface area contributed by atoms with Gasteiger partial charge in [-0.25, -0.2) is 4.98 Å². The quantitative estimate of drug-likeness (QED) is 0.832. The minimum absolute atomic E-state index is 0.0132. The number of thiazole rings is 1. The molecule has 3 rings (SSSR count). The summed E-state index contributed by atoms with van der Waals surface area (Å²) < 4.78 is 0. The van der Waals surface area contributed by atoms with Crippen LogP contribution in [0, 0.1) is 12.8 Å². The Labute approximate surface area is 157 Å². The van der Waals surface area contributed by atoms with Crippen LogP contribution in [0.25, 0.3) is 0 Å². The zero-order valence-electron chi connectivity index (χ0n) is 15.2. The molecule has 0 atom stereocenters. The highest BCUT2D eigenvalue weighted by Crippen LogP contribution is 2.29. The average molecular weight is 374 g/mol. The maximum Gasteiger partial charge on any atom is 0.230 e. The van der Waals surface area contributed by atoms with Crippen molar-refractivity contribution < 1.29 is 14.5 Å². The number of carbonyl (C=O) groups excluding carboxylic acids is 2. The fourth-order valence-corrected chi connectivity index (χ4v) is 4.30. The second kappa shape index (κ2) is 7.97. The molecule has 1 saturated heterocycles. The van der Waals surface area contributed by atoms with E-state index in [4.69, 9.17) is 10.7 Å². The lowest BCUT2D eigenvalue weighted by Gasteiger charge is -2.27. The van der Waals surface area contributed by atoms with Gasteiger partial charge in [-0.3, -0.25) is 14.5 Å². The number of nitrogens with zero attached hydrogens (tertiary/aromatic N) is 2. The van der Waals surface area contributed by atoms with Gasteiger partial charge in [0.1, 0.15) is 12.2 Å². The summed E-state index contributed by atoms with van der Waals surface area (Å²) in [7, 11) is 0. The molecule has 1 aromatic carbocycles. The number of quaternary nitrogens is 1. The van der Waals surface area contributed by atoms with Crippen LogP contribution in [0.4, 0.5) is 10.8 Å². The lowest BCUT2D eigenvalue weighted by molar-refractivity contribution is -0.919. The Morgan fingerprint density at radius 2 is 2.08 bits per heavy atom. The van der Waals surface area contributed by atoms with E-state index >= 15 is 0 Å². The number of aryl methyl sites for hydroxylation is 1. The van der Waals surface area contributed by atoms with E-state index in [1.54, 1.807) is 11.8 Å². The maximum absolute atomic E-state index is 12.2. The summed E-state index contributed by atoms with van der Waals surface area (Å²) >= 11 is 1.49. The molecule has 1 aliphatic heterocycles. The molecule has 2 heterocycles. The van der Waals surface area contributed by atoms with Crippen molar-refractivity contribution in [2.75, 3.05) is 18.0 Å². The molecule has 1 aliphatic rings. The van der Waals surface area contributed by atoms with Crippen molar-refractivity contribution in [2.45, 2.75) is 33.2 Å². The van der Waals surface area contributed by atoms with Crippen LogP contribution in [-0.2, 0) is 16.1 Å². The van der Waals surface area contributed by atoms with Gasteiger partial charge in [0.2, 0.25) is 11.8 Å². The highest BCUT2D eigenvalue weighted by atomic mass is 32.1. The number of nitrogens with two attached hydrogens (primary N) is 1. The summed E-state index contributed by atoms with van der Waals surface area (Å²) in [5.41, 5.74) is 8.33. The molecule has 138 valence electrons. The standard InChI is InChI=1S/C19H24N4O2S/c1-13-4-3-5-17(10-13)23(14(2)24)19-21-16(12-26-19)11-22-8-6-15(7-9-22)18(20)25/h3-5,10,12,15H,6-9,11H2,1-2H3,(H2,20,25)/p+1. The minimum atomic E-state index is -0.185. The van der Waals surface area contributed by atoms with E-state index in [9.17, 15) is 9.59 Å². The SMILES string of the molecule is CC(=O)N(c1cccc(C)c1)c1nc(C[NH+]2CCC(C(N)=O)CC2)cs1. The lowest BCUT2D eigenvalue weighted by Crippen LogP contribution is -3.11. The molecule has 0 radical (unpaired) electrons. The van der Waals surface area contributed by atoms with Crippen molar-refractivity contribution in [3.05, 3.63) is 40.9 Å². The summed E-state index contributed by atoms with van der Waals surface area (Å²) in [6.45, 7) is 6.22. The van der Waals surface area contributed by atoms with Gasteiger partial charge in [-0.15, -0.1) is 11.3 Å². The van der Waals surface area contributed by atoms with E-state index in [2.05, 4.69) is 0 Å². The summed E-state index contributed by atoms with van der Waals surface area (Å²) in [6, 6.07) is 7.87. The van der Waals surface area contributed by atoms with Crippen LogP contribution >= 0.6 is 11.3 Å². The van der Waals surface area contributed by atoms with Crippen molar-refractivity contribution in [3.63, 3.8) is 0 Å². The first-order chi connectivity index (χ1) is 12.4. The summed E-state index contributed by atoms with van der Waals surface area (Å²) in [4.78, 5) is 31.3. The van der Waals surface area contributed by atoms with Crippen molar-refractivity contribution in [3.8, 4) is 0 Å². The second-order valence-electron chi connectivity index (χ2n) is 6.92. The Morgan fingerprint density at radius 3 is 2.69 bits per heavy atom. The number of likely N-dealkylation sites (tertiary alicyclic amines) is 1. The number of carbonyl (C=O) groups is 2. The van der Waals surface area contributed by atoms with Crippen LogP contribution in [0.3, 0.4) is 0 Å². The van der Waals surface area contributed by atoms with Crippen LogP contribution in [0.1, 0.15) is 31.0 Å². The number of rotatable bonds is 5. The predicted octanol–water partition coefficient (Wildman–Crippen LogP) is 1.42. The number of hydrogen-bond donors (Lipinski definition) is 2. The zero-order chi connectivity index (χ0) is 18.7. The normalized spacial score (nSPS) is 19.9. The van der Waals surface area contributed by atoms with Gasteiger partial charge < -0.3 is 10.6 Å². The topological polar surface area (TPSA) is 80.7 Å². The Balaban J connectivity index is 1.70. The van der Waals surface area contributed by atoms with E-state index in [0.717, 1.165) is 49.4 Å². The largest absolute Gasteiger partial charge is 0.369 e. The molecule has 0 spiro atoms. The van der Waals surface area contributed by atoms with Gasteiger partial charge in [-0.2, -0.15) is 0 Å². The van der Waals surface area contributed by atoms with Gasteiger partial charge in [0.25, 0.3) is 0 Å². The molecule has 26 heavy (non-hydrogen) atoms. The lowest BCUT2D eigenvalue weighted by atomic mass is 9.96. The van der Waals surface area contributed by atoms with E-state index in [-0.39, 0.29) is 17.7 Å². The van der Waals surface area contributed by atoms with Crippen molar-refractivity contribution in [1.82, 2.24) is 4.98 Å². The van der Waals surface area contributed by atoms with Crippen LogP contribution in [0.5, 0.6) is 0 Å². The van der Waals surface area contributed by atoms with Gasteiger partial charge in [-0.05, 0) is 24.6 Å². The fraction of sp³-hybridized carbons (Fsp3) is 0.421. The number of piperidine rings is 1. The molecule has 0 bridgehead atoms. The van der Waals surface area contributed by atoms with Crippen molar-refractivity contribution in [1.29, 1.82) is 0 Å². The van der Waals surface area contributed by atoms with E-state index in [1.807, 2.05) is 36.6 Å². The maximum atomic E-state index is 12.2. The molecule has 3 N–H and O–H groups in total. The van der Waals surface area contributed by atoms with Gasteiger partial charge in [-0.1, -0.05) is 12.1 Å². The number of nitrogens with one attached hydrogen (secondary N) is 1. The highest BCUT2D eigenvalue weighted by molar-refractivity contribution is 7.14. The molecule has 1 fully saturated rings. The van der Waals surface area contributed by atoms with Crippen molar-refractivity contribution >= 4 is 34.0 Å². The Bertz CT molecular complexity index is 796. The van der Waals surface area contributed by atoms with Gasteiger partial charge in [0.15, 0.2) is 5.13 Å². The van der Waals surface area contributed by atoms with Crippen LogP contribution < -0.4 is 15.5 Å². The first kappa shape index (κ1) is 18.5. The molecule has 0 unspecified atom stereocenters. The van der Waals surface area contributed by atoms with Gasteiger partial charge in [0, 0.05) is 31.1 Å². The summed E-state index contributed by atoms with van der Waals surface area (Å²) in [5.74, 6) is -0.222. The van der Waals surface area contributed by atoms with Crippen LogP contribution in [-0.4, -0.2) is 29.9 Å². The number of anilines is 2. The molecule has 6 nitrogen and oxygen atoms in total. The molecule has 0 aliphatic carbocycles. The fourth-order valence-electron chi connectivity index (χ4n) is 3.42. The molecule has 0 saturated carbocycles. The number of primary amides is 1. The third kappa shape index (κ3) is 4.28. The number of amides is 2. The van der Waals surface area contributed by atoms with E-state index in [1.165, 1.54) is 16.2 Å². The number of hydrogen-bond acceptors (Lipinski definition) is 4. The molecular formula is C19H25N4O2S+. The zero-order valence-corrected chi connectivity index (χ0v) is 16.0. The van der Waals surface area contributed by atoms with Crippen LogP contribution in [0.2, 0.25) is 0 Å². The number of benzene rings is 1. The van der Waals surface area contributed by atoms with Crippen molar-refractivity contribution in [2.24, 2.45) is 11.7 Å². The molecule has 1 aromatic heterocycles. The number of aromatic nitrogens is 1.